The Kier molecular flexibility index (Phi) is 8.25. The number of aromatic nitrogens is 3. The van der Waals surface area contributed by atoms with E-state index in [1.165, 1.54) is 0 Å². The molecule has 0 unspecified atom stereocenters. The second-order valence-corrected chi connectivity index (χ2v) is 11.4. The minimum Gasteiger partial charge on any atom is -0.354 e. The highest BCUT2D eigenvalue weighted by Crippen LogP contribution is 2.29. The van der Waals surface area contributed by atoms with Crippen molar-refractivity contribution < 1.29 is 8.42 Å². The first-order valence-electron chi connectivity index (χ1n) is 12.8. The Morgan fingerprint density at radius 2 is 1.58 bits per heavy atom. The normalized spacial score (nSPS) is 18.4. The zero-order valence-electron chi connectivity index (χ0n) is 21.5. The van der Waals surface area contributed by atoms with Gasteiger partial charge in [-0.1, -0.05) is 36.4 Å². The first kappa shape index (κ1) is 26.1. The summed E-state index contributed by atoms with van der Waals surface area (Å²) in [4.78, 5) is 13.8. The Morgan fingerprint density at radius 3 is 2.28 bits per heavy atom. The molecule has 194 valence electrons. The van der Waals surface area contributed by atoms with E-state index in [9.17, 15) is 8.42 Å². The Morgan fingerprint density at radius 1 is 0.917 bits per heavy atom. The van der Waals surface area contributed by atoms with Crippen LogP contribution < -0.4 is 20.7 Å². The van der Waals surface area contributed by atoms with Crippen LogP contribution in [0, 0.1) is 12.8 Å². The number of benzene rings is 2. The van der Waals surface area contributed by atoms with Gasteiger partial charge in [-0.15, -0.1) is 0 Å². The number of nitrogens with zero attached hydrogens (tertiary/aromatic N) is 3. The number of sulfonamides is 1. The summed E-state index contributed by atoms with van der Waals surface area (Å²) in [7, 11) is -3.62. The fourth-order valence-electron chi connectivity index (χ4n) is 4.72. The summed E-state index contributed by atoms with van der Waals surface area (Å²) in [5.41, 5.74) is 0.764. The molecular weight excluding hydrogens is 474 g/mol. The molecule has 0 amide bonds. The van der Waals surface area contributed by atoms with Crippen LogP contribution in [0.15, 0.2) is 41.3 Å². The predicted octanol–water partition coefficient (Wildman–Crippen LogP) is 4.53. The molecule has 1 fully saturated rings. The summed E-state index contributed by atoms with van der Waals surface area (Å²) >= 11 is 0. The zero-order valence-corrected chi connectivity index (χ0v) is 22.3. The molecule has 0 bridgehead atoms. The van der Waals surface area contributed by atoms with Gasteiger partial charge in [0, 0.05) is 30.6 Å². The lowest BCUT2D eigenvalue weighted by Gasteiger charge is -2.29. The largest absolute Gasteiger partial charge is 0.354 e. The molecule has 4 rings (SSSR count). The Bertz CT molecular complexity index is 1290. The van der Waals surface area contributed by atoms with Gasteiger partial charge >= 0.3 is 0 Å². The third-order valence-electron chi connectivity index (χ3n) is 6.45. The summed E-state index contributed by atoms with van der Waals surface area (Å²) in [5, 5.41) is 11.4. The summed E-state index contributed by atoms with van der Waals surface area (Å²) in [6.45, 7) is 9.40. The van der Waals surface area contributed by atoms with Crippen molar-refractivity contribution in [2.75, 3.05) is 29.0 Å². The van der Waals surface area contributed by atoms with Crippen molar-refractivity contribution in [2.24, 2.45) is 5.92 Å². The van der Waals surface area contributed by atoms with Crippen molar-refractivity contribution in [3.63, 3.8) is 0 Å². The number of hydrogen-bond acceptors (Lipinski definition) is 8. The average molecular weight is 512 g/mol. The molecule has 1 aliphatic rings. The Hall–Kier alpha value is -2.98. The van der Waals surface area contributed by atoms with Crippen LogP contribution in [0.1, 0.15) is 52.0 Å². The monoisotopic (exact) mass is 511 g/mol. The molecule has 1 saturated carbocycles. The van der Waals surface area contributed by atoms with Gasteiger partial charge in [0.1, 0.15) is 0 Å². The molecular formula is C26H37N7O2S. The molecule has 10 heteroatoms. The van der Waals surface area contributed by atoms with Gasteiger partial charge in [0.2, 0.25) is 27.9 Å². The molecule has 0 atom stereocenters. The maximum atomic E-state index is 13.4. The quantitative estimate of drug-likeness (QED) is 0.313. The molecule has 1 aromatic heterocycles. The van der Waals surface area contributed by atoms with Gasteiger partial charge in [0.25, 0.3) is 0 Å². The summed E-state index contributed by atoms with van der Waals surface area (Å²) in [6, 6.07) is 11.6. The molecule has 0 radical (unpaired) electrons. The van der Waals surface area contributed by atoms with E-state index in [0.717, 1.165) is 55.1 Å². The van der Waals surface area contributed by atoms with Crippen LogP contribution in [0.2, 0.25) is 0 Å². The average Bonchev–Trinajstić information content (AvgIpc) is 2.83. The van der Waals surface area contributed by atoms with Gasteiger partial charge < -0.3 is 16.0 Å². The van der Waals surface area contributed by atoms with E-state index >= 15 is 0 Å². The fraction of sp³-hybridized carbons (Fsp3) is 0.500. The molecule has 1 heterocycles. The summed E-state index contributed by atoms with van der Waals surface area (Å²) < 4.78 is 29.7. The third-order valence-corrected chi connectivity index (χ3v) is 8.17. The van der Waals surface area contributed by atoms with Crippen LogP contribution in [0.3, 0.4) is 0 Å². The SMILES string of the molecule is CCNc1nc(NCC2CCC(NS(=O)(=O)c3c(C)ccc4ccccc34)CC2)nc(NC(C)C)n1. The third kappa shape index (κ3) is 6.41. The molecule has 36 heavy (non-hydrogen) atoms. The van der Waals surface area contributed by atoms with Crippen LogP contribution in [-0.4, -0.2) is 48.5 Å². The van der Waals surface area contributed by atoms with Gasteiger partial charge in [0.05, 0.1) is 4.90 Å². The van der Waals surface area contributed by atoms with E-state index in [-0.39, 0.29) is 12.1 Å². The fourth-order valence-corrected chi connectivity index (χ4v) is 6.48. The highest BCUT2D eigenvalue weighted by Gasteiger charge is 2.28. The van der Waals surface area contributed by atoms with E-state index in [1.54, 1.807) is 0 Å². The van der Waals surface area contributed by atoms with E-state index in [2.05, 4.69) is 35.6 Å². The van der Waals surface area contributed by atoms with Gasteiger partial charge in [-0.25, -0.2) is 13.1 Å². The van der Waals surface area contributed by atoms with Gasteiger partial charge in [-0.3, -0.25) is 0 Å². The topological polar surface area (TPSA) is 121 Å². The lowest BCUT2D eigenvalue weighted by Crippen LogP contribution is -2.38. The summed E-state index contributed by atoms with van der Waals surface area (Å²) in [5.74, 6) is 2.05. The number of fused-ring (bicyclic) bond motifs is 1. The van der Waals surface area contributed by atoms with Crippen molar-refractivity contribution in [1.29, 1.82) is 0 Å². The predicted molar refractivity (Wildman–Crippen MR) is 146 cm³/mol. The molecule has 2 aromatic carbocycles. The lowest BCUT2D eigenvalue weighted by molar-refractivity contribution is 0.323. The first-order valence-corrected chi connectivity index (χ1v) is 14.2. The minimum atomic E-state index is -3.62. The highest BCUT2D eigenvalue weighted by atomic mass is 32.2. The van der Waals surface area contributed by atoms with Crippen molar-refractivity contribution in [3.05, 3.63) is 42.0 Å². The maximum Gasteiger partial charge on any atom is 0.241 e. The number of aryl methyl sites for hydroxylation is 1. The highest BCUT2D eigenvalue weighted by molar-refractivity contribution is 7.89. The molecule has 3 aromatic rings. The molecule has 9 nitrogen and oxygen atoms in total. The van der Waals surface area contributed by atoms with Crippen molar-refractivity contribution in [2.45, 2.75) is 70.4 Å². The van der Waals surface area contributed by atoms with Crippen molar-refractivity contribution in [1.82, 2.24) is 19.7 Å². The number of rotatable bonds is 10. The second-order valence-electron chi connectivity index (χ2n) is 9.79. The number of hydrogen-bond donors (Lipinski definition) is 4. The smallest absolute Gasteiger partial charge is 0.241 e. The van der Waals surface area contributed by atoms with Crippen LogP contribution in [-0.2, 0) is 10.0 Å². The van der Waals surface area contributed by atoms with Crippen LogP contribution in [0.4, 0.5) is 17.8 Å². The van der Waals surface area contributed by atoms with E-state index in [0.29, 0.717) is 28.7 Å². The number of anilines is 3. The van der Waals surface area contributed by atoms with Gasteiger partial charge in [0.15, 0.2) is 0 Å². The number of nitrogens with one attached hydrogen (secondary N) is 4. The molecule has 0 spiro atoms. The Labute approximate surface area is 214 Å². The van der Waals surface area contributed by atoms with Crippen LogP contribution in [0.25, 0.3) is 10.8 Å². The zero-order chi connectivity index (χ0) is 25.7. The lowest BCUT2D eigenvalue weighted by atomic mass is 9.86. The van der Waals surface area contributed by atoms with E-state index in [4.69, 9.17) is 0 Å². The maximum absolute atomic E-state index is 13.4. The molecule has 4 N–H and O–H groups in total. The summed E-state index contributed by atoms with van der Waals surface area (Å²) in [6.07, 6.45) is 3.46. The van der Waals surface area contributed by atoms with Crippen molar-refractivity contribution >= 4 is 38.6 Å². The molecule has 1 aliphatic carbocycles. The van der Waals surface area contributed by atoms with Gasteiger partial charge in [-0.05, 0) is 70.2 Å². The standard InChI is InChI=1S/C26H37N7O2S/c1-5-27-24-30-25(32-26(31-24)29-17(2)3)28-16-19-11-14-21(15-12-19)33-36(34,35)23-18(4)10-13-20-8-6-7-9-22(20)23/h6-10,13,17,19,21,33H,5,11-12,14-16H2,1-4H3,(H3,27,28,29,30,31,32). The Balaban J connectivity index is 1.36. The molecule has 0 aliphatic heterocycles. The van der Waals surface area contributed by atoms with E-state index in [1.807, 2.05) is 64.1 Å². The first-order chi connectivity index (χ1) is 17.2. The van der Waals surface area contributed by atoms with E-state index < -0.39 is 10.0 Å². The molecule has 0 saturated heterocycles. The van der Waals surface area contributed by atoms with Crippen LogP contribution in [0.5, 0.6) is 0 Å². The minimum absolute atomic E-state index is 0.0657. The van der Waals surface area contributed by atoms with Crippen LogP contribution >= 0.6 is 0 Å². The van der Waals surface area contributed by atoms with Gasteiger partial charge in [-0.2, -0.15) is 15.0 Å². The van der Waals surface area contributed by atoms with Crippen molar-refractivity contribution in [3.8, 4) is 0 Å². The second kappa shape index (κ2) is 11.4.